The molecule has 142 valence electrons. The van der Waals surface area contributed by atoms with Gasteiger partial charge >= 0.3 is 0 Å². The Kier molecular flexibility index (Phi) is 4.71. The van der Waals surface area contributed by atoms with Crippen LogP contribution in [0, 0.1) is 0 Å². The van der Waals surface area contributed by atoms with Crippen molar-refractivity contribution < 1.29 is 17.9 Å². The standard InChI is InChI=1S/C18H20N4O4S/c23-18-12-26-16-5-4-14(9-15(16)21-18)27(24,25)20-11-13-3-6-17(19-10-13)22-7-1-2-8-22/h3-6,9-10,20H,1-2,7-8,11-12H2,(H,21,23). The minimum absolute atomic E-state index is 0.0636. The summed E-state index contributed by atoms with van der Waals surface area (Å²) in [7, 11) is -3.73. The maximum Gasteiger partial charge on any atom is 0.262 e. The van der Waals surface area contributed by atoms with E-state index in [9.17, 15) is 13.2 Å². The van der Waals surface area contributed by atoms with E-state index in [0.717, 1.165) is 24.5 Å². The van der Waals surface area contributed by atoms with Crippen molar-refractivity contribution in [2.75, 3.05) is 29.9 Å². The van der Waals surface area contributed by atoms with E-state index in [4.69, 9.17) is 4.74 Å². The van der Waals surface area contributed by atoms with Crippen molar-refractivity contribution in [2.45, 2.75) is 24.3 Å². The van der Waals surface area contributed by atoms with Gasteiger partial charge in [-0.2, -0.15) is 0 Å². The highest BCUT2D eigenvalue weighted by Gasteiger charge is 2.21. The van der Waals surface area contributed by atoms with E-state index in [1.165, 1.54) is 31.0 Å². The van der Waals surface area contributed by atoms with E-state index < -0.39 is 10.0 Å². The molecule has 1 amide bonds. The third-order valence-corrected chi connectivity index (χ3v) is 6.00. The second kappa shape index (κ2) is 7.16. The van der Waals surface area contributed by atoms with E-state index in [1.54, 1.807) is 6.20 Å². The molecule has 0 unspecified atom stereocenters. The fourth-order valence-electron chi connectivity index (χ4n) is 3.15. The number of sulfonamides is 1. The molecule has 2 N–H and O–H groups in total. The predicted molar refractivity (Wildman–Crippen MR) is 100 cm³/mol. The number of amides is 1. The first-order valence-electron chi connectivity index (χ1n) is 8.77. The number of pyridine rings is 1. The molecule has 8 nitrogen and oxygen atoms in total. The van der Waals surface area contributed by atoms with Crippen molar-refractivity contribution in [3.05, 3.63) is 42.1 Å². The number of fused-ring (bicyclic) bond motifs is 1. The Morgan fingerprint density at radius 3 is 2.74 bits per heavy atom. The summed E-state index contributed by atoms with van der Waals surface area (Å²) >= 11 is 0. The number of nitrogens with one attached hydrogen (secondary N) is 2. The van der Waals surface area contributed by atoms with Crippen LogP contribution in [-0.4, -0.2) is 39.0 Å². The Labute approximate surface area is 157 Å². The van der Waals surface area contributed by atoms with Gasteiger partial charge in [-0.15, -0.1) is 0 Å². The van der Waals surface area contributed by atoms with Gasteiger partial charge in [0.25, 0.3) is 5.91 Å². The first-order valence-corrected chi connectivity index (χ1v) is 10.3. The van der Waals surface area contributed by atoms with Gasteiger partial charge in [0, 0.05) is 25.8 Å². The minimum Gasteiger partial charge on any atom is -0.482 e. The number of benzene rings is 1. The number of hydrogen-bond acceptors (Lipinski definition) is 6. The molecule has 1 fully saturated rings. The monoisotopic (exact) mass is 388 g/mol. The van der Waals surface area contributed by atoms with E-state index >= 15 is 0 Å². The number of hydrogen-bond donors (Lipinski definition) is 2. The number of carbonyl (C=O) groups is 1. The Balaban J connectivity index is 1.44. The molecular formula is C18H20N4O4S. The molecule has 0 bridgehead atoms. The summed E-state index contributed by atoms with van der Waals surface area (Å²) in [4.78, 5) is 18.1. The molecule has 9 heteroatoms. The van der Waals surface area contributed by atoms with Gasteiger partial charge in [0.05, 0.1) is 10.6 Å². The highest BCUT2D eigenvalue weighted by atomic mass is 32.2. The van der Waals surface area contributed by atoms with Crippen LogP contribution in [0.25, 0.3) is 0 Å². The van der Waals surface area contributed by atoms with Crippen LogP contribution in [0.15, 0.2) is 41.4 Å². The number of ether oxygens (including phenoxy) is 1. The molecular weight excluding hydrogens is 368 g/mol. The topological polar surface area (TPSA) is 101 Å². The van der Waals surface area contributed by atoms with Crippen molar-refractivity contribution in [3.63, 3.8) is 0 Å². The second-order valence-corrected chi connectivity index (χ2v) is 8.31. The molecule has 2 aromatic rings. The zero-order valence-corrected chi connectivity index (χ0v) is 15.5. The molecule has 1 aromatic carbocycles. The minimum atomic E-state index is -3.73. The van der Waals surface area contributed by atoms with E-state index in [0.29, 0.717) is 11.4 Å². The molecule has 2 aliphatic rings. The SMILES string of the molecule is O=C1COc2ccc(S(=O)(=O)NCc3ccc(N4CCCC4)nc3)cc2N1. The van der Waals surface area contributed by atoms with Crippen molar-refractivity contribution >= 4 is 27.4 Å². The van der Waals surface area contributed by atoms with Crippen LogP contribution >= 0.6 is 0 Å². The average Bonchev–Trinajstić information content (AvgIpc) is 3.21. The van der Waals surface area contributed by atoms with Crippen molar-refractivity contribution in [2.24, 2.45) is 0 Å². The van der Waals surface area contributed by atoms with Gasteiger partial charge in [-0.1, -0.05) is 6.07 Å². The first-order chi connectivity index (χ1) is 13.0. The maximum atomic E-state index is 12.6. The van der Waals surface area contributed by atoms with Gasteiger partial charge in [-0.05, 0) is 42.7 Å². The molecule has 0 spiro atoms. The van der Waals surface area contributed by atoms with Crippen LogP contribution in [0.5, 0.6) is 5.75 Å². The van der Waals surface area contributed by atoms with Gasteiger partial charge in [-0.3, -0.25) is 4.79 Å². The van der Waals surface area contributed by atoms with Crippen LogP contribution in [-0.2, 0) is 21.4 Å². The largest absolute Gasteiger partial charge is 0.482 e. The zero-order valence-electron chi connectivity index (χ0n) is 14.6. The van der Waals surface area contributed by atoms with Gasteiger partial charge in [0.1, 0.15) is 11.6 Å². The van der Waals surface area contributed by atoms with Gasteiger partial charge in [0.15, 0.2) is 6.61 Å². The summed E-state index contributed by atoms with van der Waals surface area (Å²) < 4.78 is 32.9. The van der Waals surface area contributed by atoms with Crippen LogP contribution in [0.4, 0.5) is 11.5 Å². The summed E-state index contributed by atoms with van der Waals surface area (Å²) in [5.41, 5.74) is 1.13. The van der Waals surface area contributed by atoms with E-state index in [-0.39, 0.29) is 24.0 Å². The fourth-order valence-corrected chi connectivity index (χ4v) is 4.19. The van der Waals surface area contributed by atoms with Gasteiger partial charge in [0.2, 0.25) is 10.0 Å². The summed E-state index contributed by atoms with van der Waals surface area (Å²) in [6.07, 6.45) is 4.04. The normalized spacial score (nSPS) is 16.6. The third kappa shape index (κ3) is 3.88. The Hall–Kier alpha value is -2.65. The number of aromatic nitrogens is 1. The Bertz CT molecular complexity index is 954. The Morgan fingerprint density at radius 2 is 2.00 bits per heavy atom. The van der Waals surface area contributed by atoms with Crippen LogP contribution in [0.1, 0.15) is 18.4 Å². The summed E-state index contributed by atoms with van der Waals surface area (Å²) in [5, 5.41) is 2.61. The summed E-state index contributed by atoms with van der Waals surface area (Å²) in [5.74, 6) is 1.06. The molecule has 1 saturated heterocycles. The second-order valence-electron chi connectivity index (χ2n) is 6.54. The predicted octanol–water partition coefficient (Wildman–Crippen LogP) is 1.49. The zero-order chi connectivity index (χ0) is 18.9. The van der Waals surface area contributed by atoms with Gasteiger partial charge < -0.3 is 15.0 Å². The van der Waals surface area contributed by atoms with E-state index in [1.807, 2.05) is 12.1 Å². The molecule has 0 radical (unpaired) electrons. The van der Waals surface area contributed by atoms with Crippen LogP contribution in [0.2, 0.25) is 0 Å². The van der Waals surface area contributed by atoms with Gasteiger partial charge in [-0.25, -0.2) is 18.1 Å². The lowest BCUT2D eigenvalue weighted by molar-refractivity contribution is -0.118. The molecule has 0 aliphatic carbocycles. The molecule has 1 aromatic heterocycles. The number of carbonyl (C=O) groups excluding carboxylic acids is 1. The molecule has 4 rings (SSSR count). The number of anilines is 2. The summed E-state index contributed by atoms with van der Waals surface area (Å²) in [6, 6.07) is 8.18. The quantitative estimate of drug-likeness (QED) is 0.805. The van der Waals surface area contributed by atoms with Crippen LogP contribution < -0.4 is 19.7 Å². The third-order valence-electron chi connectivity index (χ3n) is 4.60. The average molecular weight is 388 g/mol. The lowest BCUT2D eigenvalue weighted by atomic mass is 10.2. The van der Waals surface area contributed by atoms with Crippen LogP contribution in [0.3, 0.4) is 0 Å². The number of rotatable bonds is 5. The lowest BCUT2D eigenvalue weighted by Gasteiger charge is -2.18. The lowest BCUT2D eigenvalue weighted by Crippen LogP contribution is -2.27. The van der Waals surface area contributed by atoms with E-state index in [2.05, 4.69) is 19.9 Å². The van der Waals surface area contributed by atoms with Crippen molar-refractivity contribution in [1.29, 1.82) is 0 Å². The fraction of sp³-hybridized carbons (Fsp3) is 0.333. The highest BCUT2D eigenvalue weighted by molar-refractivity contribution is 7.89. The summed E-state index contributed by atoms with van der Waals surface area (Å²) in [6.45, 7) is 2.09. The highest BCUT2D eigenvalue weighted by Crippen LogP contribution is 2.30. The van der Waals surface area contributed by atoms with Crippen molar-refractivity contribution in [3.8, 4) is 5.75 Å². The smallest absolute Gasteiger partial charge is 0.262 e. The Morgan fingerprint density at radius 1 is 1.19 bits per heavy atom. The molecule has 2 aliphatic heterocycles. The molecule has 0 atom stereocenters. The number of nitrogens with zero attached hydrogens (tertiary/aromatic N) is 2. The molecule has 3 heterocycles. The molecule has 27 heavy (non-hydrogen) atoms. The van der Waals surface area contributed by atoms with Crippen molar-refractivity contribution in [1.82, 2.24) is 9.71 Å². The maximum absolute atomic E-state index is 12.6. The molecule has 0 saturated carbocycles. The first kappa shape index (κ1) is 17.7.